The number of nitrogens with one attached hydrogen (secondary N) is 1. The topological polar surface area (TPSA) is 64.6 Å². The lowest BCUT2D eigenvalue weighted by Crippen LogP contribution is -2.44. The smallest absolute Gasteiger partial charge is 0.338 e. The molecule has 1 aliphatic heterocycles. The van der Waals surface area contributed by atoms with Gasteiger partial charge in [0.25, 0.3) is 5.91 Å². The molecule has 0 aromatic heterocycles. The fraction of sp³-hybridized carbons (Fsp3) is 0.286. The summed E-state index contributed by atoms with van der Waals surface area (Å²) in [6, 6.07) is 24.6. The van der Waals surface area contributed by atoms with E-state index in [0.29, 0.717) is 36.4 Å². The molecule has 0 radical (unpaired) electrons. The van der Waals surface area contributed by atoms with Crippen LogP contribution in [0.25, 0.3) is 0 Å². The van der Waals surface area contributed by atoms with Gasteiger partial charge in [0, 0.05) is 36.3 Å². The minimum absolute atomic E-state index is 0.0360. The molecule has 0 bridgehead atoms. The van der Waals surface area contributed by atoms with Gasteiger partial charge < -0.3 is 14.8 Å². The van der Waals surface area contributed by atoms with Gasteiger partial charge in [0.15, 0.2) is 0 Å². The summed E-state index contributed by atoms with van der Waals surface area (Å²) < 4.78 is 11.1. The maximum atomic E-state index is 13.2. The summed E-state index contributed by atoms with van der Waals surface area (Å²) in [7, 11) is 0. The Morgan fingerprint density at radius 3 is 2.30 bits per heavy atom. The number of esters is 1. The Morgan fingerprint density at radius 1 is 0.909 bits per heavy atom. The minimum Gasteiger partial charge on any atom is -0.457 e. The Morgan fingerprint density at radius 2 is 1.58 bits per heavy atom. The van der Waals surface area contributed by atoms with Crippen LogP contribution in [0.5, 0.6) is 0 Å². The zero-order valence-electron chi connectivity index (χ0n) is 18.9. The molecule has 0 spiro atoms. The van der Waals surface area contributed by atoms with Crippen molar-refractivity contribution in [1.29, 1.82) is 0 Å². The third kappa shape index (κ3) is 5.49. The first kappa shape index (κ1) is 22.7. The van der Waals surface area contributed by atoms with Crippen LogP contribution in [0.3, 0.4) is 0 Å². The number of ether oxygens (including phenoxy) is 2. The molecule has 1 aliphatic rings. The zero-order valence-corrected chi connectivity index (χ0v) is 18.9. The Hall–Kier alpha value is -3.44. The predicted molar refractivity (Wildman–Crippen MR) is 127 cm³/mol. The highest BCUT2D eigenvalue weighted by atomic mass is 16.5. The van der Waals surface area contributed by atoms with E-state index in [-0.39, 0.29) is 17.9 Å². The van der Waals surface area contributed by atoms with E-state index in [0.717, 1.165) is 12.8 Å². The van der Waals surface area contributed by atoms with Crippen LogP contribution in [0.4, 0.5) is 0 Å². The lowest BCUT2D eigenvalue weighted by molar-refractivity contribution is 0.0467. The quantitative estimate of drug-likeness (QED) is 0.531. The van der Waals surface area contributed by atoms with Crippen molar-refractivity contribution in [3.05, 3.63) is 107 Å². The number of hydrogen-bond acceptors (Lipinski definition) is 4. The van der Waals surface area contributed by atoms with Gasteiger partial charge in [-0.3, -0.25) is 4.79 Å². The molecule has 0 aliphatic carbocycles. The molecule has 1 saturated heterocycles. The van der Waals surface area contributed by atoms with Crippen molar-refractivity contribution in [1.82, 2.24) is 5.32 Å². The summed E-state index contributed by atoms with van der Waals surface area (Å²) in [5, 5.41) is 3.15. The number of rotatable bonds is 7. The van der Waals surface area contributed by atoms with Crippen molar-refractivity contribution in [2.75, 3.05) is 19.8 Å². The van der Waals surface area contributed by atoms with E-state index in [4.69, 9.17) is 9.47 Å². The first-order chi connectivity index (χ1) is 16.1. The Balaban J connectivity index is 1.45. The van der Waals surface area contributed by atoms with Crippen LogP contribution in [0.2, 0.25) is 0 Å². The van der Waals surface area contributed by atoms with Crippen LogP contribution >= 0.6 is 0 Å². The Bertz CT molecular complexity index is 1090. The van der Waals surface area contributed by atoms with E-state index in [1.165, 1.54) is 11.1 Å². The van der Waals surface area contributed by atoms with E-state index in [1.807, 2.05) is 24.3 Å². The van der Waals surface area contributed by atoms with Crippen LogP contribution in [-0.4, -0.2) is 31.6 Å². The molecule has 0 saturated carbocycles. The standard InChI is InChI=1S/C28H29NO4/c1-21-11-13-24(14-12-21)28(15-17-32-18-16-28)20-29-26(30)25-10-6-5-9-23(25)19-33-27(31)22-7-3-2-4-8-22/h2-14H,15-20H2,1H3,(H,29,30). The molecular weight excluding hydrogens is 414 g/mol. The molecule has 33 heavy (non-hydrogen) atoms. The first-order valence-electron chi connectivity index (χ1n) is 11.3. The summed E-state index contributed by atoms with van der Waals surface area (Å²) in [5.74, 6) is -0.578. The van der Waals surface area contributed by atoms with Crippen molar-refractivity contribution in [2.45, 2.75) is 31.8 Å². The second kappa shape index (κ2) is 10.5. The van der Waals surface area contributed by atoms with Gasteiger partial charge in [0.2, 0.25) is 0 Å². The number of carbonyl (C=O) groups is 2. The van der Waals surface area contributed by atoms with Crippen LogP contribution in [0, 0.1) is 6.92 Å². The summed E-state index contributed by atoms with van der Waals surface area (Å²) in [6.45, 7) is 3.99. The van der Waals surface area contributed by atoms with Crippen LogP contribution in [-0.2, 0) is 21.5 Å². The molecule has 170 valence electrons. The molecule has 3 aromatic carbocycles. The normalized spacial score (nSPS) is 14.9. The van der Waals surface area contributed by atoms with Gasteiger partial charge in [0.1, 0.15) is 6.61 Å². The van der Waals surface area contributed by atoms with Gasteiger partial charge in [-0.25, -0.2) is 4.79 Å². The lowest BCUT2D eigenvalue weighted by Gasteiger charge is -2.38. The molecule has 0 unspecified atom stereocenters. The van der Waals surface area contributed by atoms with Crippen LogP contribution in [0.15, 0.2) is 78.9 Å². The summed E-state index contributed by atoms with van der Waals surface area (Å²) in [4.78, 5) is 25.5. The SMILES string of the molecule is Cc1ccc(C2(CNC(=O)c3ccccc3COC(=O)c3ccccc3)CCOCC2)cc1. The fourth-order valence-corrected chi connectivity index (χ4v) is 4.25. The third-order valence-electron chi connectivity index (χ3n) is 6.33. The van der Waals surface area contributed by atoms with Gasteiger partial charge in [-0.05, 0) is 43.5 Å². The van der Waals surface area contributed by atoms with Gasteiger partial charge in [0.05, 0.1) is 5.56 Å². The van der Waals surface area contributed by atoms with Gasteiger partial charge in [-0.2, -0.15) is 0 Å². The first-order valence-corrected chi connectivity index (χ1v) is 11.3. The second-order valence-electron chi connectivity index (χ2n) is 8.54. The molecule has 1 heterocycles. The highest BCUT2D eigenvalue weighted by Gasteiger charge is 2.35. The van der Waals surface area contributed by atoms with Gasteiger partial charge in [-0.15, -0.1) is 0 Å². The van der Waals surface area contributed by atoms with E-state index in [2.05, 4.69) is 36.5 Å². The summed E-state index contributed by atoms with van der Waals surface area (Å²) >= 11 is 0. The number of hydrogen-bond donors (Lipinski definition) is 1. The number of aryl methyl sites for hydroxylation is 1. The zero-order chi connectivity index (χ0) is 23.1. The monoisotopic (exact) mass is 443 g/mol. The largest absolute Gasteiger partial charge is 0.457 e. The van der Waals surface area contributed by atoms with Gasteiger partial charge >= 0.3 is 5.97 Å². The number of benzene rings is 3. The third-order valence-corrected chi connectivity index (χ3v) is 6.33. The molecule has 4 rings (SSSR count). The van der Waals surface area contributed by atoms with Crippen molar-refractivity contribution in [3.8, 4) is 0 Å². The van der Waals surface area contributed by atoms with E-state index in [9.17, 15) is 9.59 Å². The fourth-order valence-electron chi connectivity index (χ4n) is 4.25. The Labute approximate surface area is 194 Å². The van der Waals surface area contributed by atoms with Crippen molar-refractivity contribution < 1.29 is 19.1 Å². The lowest BCUT2D eigenvalue weighted by atomic mass is 9.74. The van der Waals surface area contributed by atoms with Crippen LogP contribution in [0.1, 0.15) is 50.2 Å². The maximum Gasteiger partial charge on any atom is 0.338 e. The molecule has 1 N–H and O–H groups in total. The summed E-state index contributed by atoms with van der Waals surface area (Å²) in [6.07, 6.45) is 1.71. The molecular formula is C28H29NO4. The van der Waals surface area contributed by atoms with Crippen LogP contribution < -0.4 is 5.32 Å². The highest BCUT2D eigenvalue weighted by molar-refractivity contribution is 5.96. The maximum absolute atomic E-state index is 13.2. The number of amides is 1. The minimum atomic E-state index is -0.411. The van der Waals surface area contributed by atoms with Crippen molar-refractivity contribution in [2.24, 2.45) is 0 Å². The van der Waals surface area contributed by atoms with Crippen molar-refractivity contribution in [3.63, 3.8) is 0 Å². The van der Waals surface area contributed by atoms with E-state index < -0.39 is 5.97 Å². The van der Waals surface area contributed by atoms with E-state index >= 15 is 0 Å². The van der Waals surface area contributed by atoms with E-state index in [1.54, 1.807) is 30.3 Å². The molecule has 0 atom stereocenters. The molecule has 5 nitrogen and oxygen atoms in total. The average Bonchev–Trinajstić information content (AvgIpc) is 2.87. The average molecular weight is 444 g/mol. The molecule has 5 heteroatoms. The Kier molecular flexibility index (Phi) is 7.20. The van der Waals surface area contributed by atoms with Crippen molar-refractivity contribution >= 4 is 11.9 Å². The second-order valence-corrected chi connectivity index (χ2v) is 8.54. The number of carbonyl (C=O) groups excluding carboxylic acids is 2. The predicted octanol–water partition coefficient (Wildman–Crippen LogP) is 4.83. The molecule has 1 fully saturated rings. The van der Waals surface area contributed by atoms with Gasteiger partial charge in [-0.1, -0.05) is 66.2 Å². The molecule has 3 aromatic rings. The summed E-state index contributed by atoms with van der Waals surface area (Å²) in [5.41, 5.74) is 3.96. The molecule has 1 amide bonds. The highest BCUT2D eigenvalue weighted by Crippen LogP contribution is 2.34.